The molecule has 23 heavy (non-hydrogen) atoms. The number of nitrogens with zero attached hydrogens (tertiary/aromatic N) is 3. The Bertz CT molecular complexity index is 937. The maximum absolute atomic E-state index is 5.61. The molecule has 0 bridgehead atoms. The molecular weight excluding hydrogens is 286 g/mol. The average molecular weight is 299 g/mol. The summed E-state index contributed by atoms with van der Waals surface area (Å²) >= 11 is 0. The van der Waals surface area contributed by atoms with Gasteiger partial charge in [-0.1, -0.05) is 30.3 Å². The highest BCUT2D eigenvalue weighted by Crippen LogP contribution is 2.24. The van der Waals surface area contributed by atoms with Gasteiger partial charge in [-0.15, -0.1) is 0 Å². The highest BCUT2D eigenvalue weighted by molar-refractivity contribution is 5.86. The maximum atomic E-state index is 5.61. The van der Waals surface area contributed by atoms with Crippen molar-refractivity contribution in [3.8, 4) is 22.9 Å². The molecule has 110 valence electrons. The van der Waals surface area contributed by atoms with Crippen molar-refractivity contribution in [2.45, 2.75) is 0 Å². The Hall–Kier alpha value is -3.27. The van der Waals surface area contributed by atoms with Crippen LogP contribution in [0, 0.1) is 0 Å². The zero-order valence-corrected chi connectivity index (χ0v) is 12.3. The van der Waals surface area contributed by atoms with Crippen LogP contribution in [0.4, 0.5) is 0 Å². The van der Waals surface area contributed by atoms with Gasteiger partial charge in [0.1, 0.15) is 5.75 Å². The number of benzene rings is 2. The topological polar surface area (TPSA) is 47.9 Å². The van der Waals surface area contributed by atoms with E-state index in [2.05, 4.69) is 21.0 Å². The summed E-state index contributed by atoms with van der Waals surface area (Å²) in [5.74, 6) is 0.721. The molecule has 4 nitrogen and oxygen atoms in total. The van der Waals surface area contributed by atoms with Gasteiger partial charge in [0.25, 0.3) is 0 Å². The van der Waals surface area contributed by atoms with Crippen LogP contribution in [-0.2, 0) is 0 Å². The van der Waals surface area contributed by atoms with Crippen LogP contribution < -0.4 is 4.74 Å². The summed E-state index contributed by atoms with van der Waals surface area (Å²) in [6.45, 7) is 0. The van der Waals surface area contributed by atoms with E-state index < -0.39 is 0 Å². The van der Waals surface area contributed by atoms with Gasteiger partial charge in [-0.05, 0) is 35.2 Å². The van der Waals surface area contributed by atoms with Crippen molar-refractivity contribution in [1.82, 2.24) is 15.0 Å². The molecule has 4 heteroatoms. The summed E-state index contributed by atoms with van der Waals surface area (Å²) in [4.78, 5) is 12.7. The molecule has 0 aliphatic heterocycles. The molecule has 2 heterocycles. The fourth-order valence-corrected chi connectivity index (χ4v) is 2.37. The predicted octanol–water partition coefficient (Wildman–Crippen LogP) is 4.48. The molecule has 0 atom stereocenters. The molecule has 0 fully saturated rings. The number of fused-ring (bicyclic) bond motifs is 1. The van der Waals surface area contributed by atoms with Crippen LogP contribution in [0.3, 0.4) is 0 Å². The van der Waals surface area contributed by atoms with Crippen LogP contribution in [-0.4, -0.2) is 15.0 Å². The van der Waals surface area contributed by atoms with Gasteiger partial charge in [-0.2, -0.15) is 0 Å². The van der Waals surface area contributed by atoms with E-state index in [4.69, 9.17) is 4.74 Å². The van der Waals surface area contributed by atoms with Crippen molar-refractivity contribution in [3.63, 3.8) is 0 Å². The minimum Gasteiger partial charge on any atom is -0.424 e. The molecule has 0 saturated carbocycles. The molecule has 2 aromatic carbocycles. The molecular formula is C19H13N3O. The summed E-state index contributed by atoms with van der Waals surface area (Å²) in [7, 11) is 0. The summed E-state index contributed by atoms with van der Waals surface area (Å²) in [6, 6.07) is 18.0. The molecule has 0 spiro atoms. The fraction of sp³-hybridized carbons (Fsp3) is 0. The molecule has 0 saturated heterocycles. The van der Waals surface area contributed by atoms with E-state index in [0.29, 0.717) is 6.01 Å². The number of pyridine rings is 1. The first-order chi connectivity index (χ1) is 11.4. The van der Waals surface area contributed by atoms with Gasteiger partial charge >= 0.3 is 6.01 Å². The van der Waals surface area contributed by atoms with E-state index in [0.717, 1.165) is 27.6 Å². The standard InChI is InChI=1S/C19H13N3O/c1-2-4-18(5-3-1)23-19-21-12-17(13-22-19)14-6-7-16-11-20-9-8-15(16)10-14/h1-13H. The van der Waals surface area contributed by atoms with Crippen molar-refractivity contribution in [1.29, 1.82) is 0 Å². The van der Waals surface area contributed by atoms with Crippen molar-refractivity contribution < 1.29 is 4.74 Å². The van der Waals surface area contributed by atoms with Gasteiger partial charge < -0.3 is 4.74 Å². The Labute approximate surface area is 133 Å². The van der Waals surface area contributed by atoms with Crippen LogP contribution >= 0.6 is 0 Å². The Morgan fingerprint density at radius 3 is 2.35 bits per heavy atom. The van der Waals surface area contributed by atoms with Gasteiger partial charge in [-0.25, -0.2) is 9.97 Å². The molecule has 4 rings (SSSR count). The quantitative estimate of drug-likeness (QED) is 0.559. The van der Waals surface area contributed by atoms with Crippen LogP contribution in [0.15, 0.2) is 79.4 Å². The van der Waals surface area contributed by atoms with Crippen molar-refractivity contribution in [2.75, 3.05) is 0 Å². The minimum atomic E-state index is 0.338. The zero-order valence-electron chi connectivity index (χ0n) is 12.3. The van der Waals surface area contributed by atoms with Gasteiger partial charge in [0, 0.05) is 35.7 Å². The summed E-state index contributed by atoms with van der Waals surface area (Å²) < 4.78 is 5.61. The van der Waals surface area contributed by atoms with Gasteiger partial charge in [0.15, 0.2) is 0 Å². The van der Waals surface area contributed by atoms with Crippen molar-refractivity contribution >= 4 is 10.8 Å². The number of rotatable bonds is 3. The van der Waals surface area contributed by atoms with Crippen LogP contribution in [0.2, 0.25) is 0 Å². The number of para-hydroxylation sites is 1. The van der Waals surface area contributed by atoms with Crippen LogP contribution in [0.25, 0.3) is 21.9 Å². The highest BCUT2D eigenvalue weighted by atomic mass is 16.5. The second kappa shape index (κ2) is 5.85. The first-order valence-corrected chi connectivity index (χ1v) is 7.28. The third-order valence-corrected chi connectivity index (χ3v) is 3.55. The van der Waals surface area contributed by atoms with E-state index >= 15 is 0 Å². The maximum Gasteiger partial charge on any atom is 0.321 e. The second-order valence-electron chi connectivity index (χ2n) is 5.11. The molecule has 2 aromatic heterocycles. The number of ether oxygens (including phenoxy) is 1. The van der Waals surface area contributed by atoms with E-state index in [-0.39, 0.29) is 0 Å². The van der Waals surface area contributed by atoms with Gasteiger partial charge in [0.05, 0.1) is 0 Å². The fourth-order valence-electron chi connectivity index (χ4n) is 2.37. The lowest BCUT2D eigenvalue weighted by Crippen LogP contribution is -1.92. The third kappa shape index (κ3) is 2.87. The molecule has 0 unspecified atom stereocenters. The number of hydrogen-bond acceptors (Lipinski definition) is 4. The molecule has 0 aliphatic carbocycles. The Morgan fingerprint density at radius 1 is 0.696 bits per heavy atom. The Balaban J connectivity index is 1.61. The molecule has 0 N–H and O–H groups in total. The van der Waals surface area contributed by atoms with Gasteiger partial charge in [0.2, 0.25) is 0 Å². The van der Waals surface area contributed by atoms with Crippen LogP contribution in [0.5, 0.6) is 11.8 Å². The molecule has 4 aromatic rings. The van der Waals surface area contributed by atoms with Crippen molar-refractivity contribution in [2.24, 2.45) is 0 Å². The highest BCUT2D eigenvalue weighted by Gasteiger charge is 2.04. The molecule has 0 amide bonds. The summed E-state index contributed by atoms with van der Waals surface area (Å²) in [6.07, 6.45) is 7.19. The average Bonchev–Trinajstić information content (AvgIpc) is 2.63. The first-order valence-electron chi connectivity index (χ1n) is 7.28. The smallest absolute Gasteiger partial charge is 0.321 e. The van der Waals surface area contributed by atoms with E-state index in [9.17, 15) is 0 Å². The largest absolute Gasteiger partial charge is 0.424 e. The normalized spacial score (nSPS) is 10.6. The monoisotopic (exact) mass is 299 g/mol. The Kier molecular flexibility index (Phi) is 3.41. The molecule has 0 radical (unpaired) electrons. The van der Waals surface area contributed by atoms with E-state index in [1.54, 1.807) is 18.6 Å². The second-order valence-corrected chi connectivity index (χ2v) is 5.11. The third-order valence-electron chi connectivity index (χ3n) is 3.55. The lowest BCUT2D eigenvalue weighted by molar-refractivity contribution is 0.442. The Morgan fingerprint density at radius 2 is 1.52 bits per heavy atom. The zero-order chi connectivity index (χ0) is 15.5. The minimum absolute atomic E-state index is 0.338. The lowest BCUT2D eigenvalue weighted by Gasteiger charge is -2.05. The lowest BCUT2D eigenvalue weighted by atomic mass is 10.1. The number of hydrogen-bond donors (Lipinski definition) is 0. The SMILES string of the molecule is c1ccc(Oc2ncc(-c3ccc4cnccc4c3)cn2)cc1. The summed E-state index contributed by atoms with van der Waals surface area (Å²) in [5.41, 5.74) is 2.01. The van der Waals surface area contributed by atoms with Crippen molar-refractivity contribution in [3.05, 3.63) is 79.4 Å². The number of aromatic nitrogens is 3. The summed E-state index contributed by atoms with van der Waals surface area (Å²) in [5, 5.41) is 2.25. The molecule has 0 aliphatic rings. The predicted molar refractivity (Wildman–Crippen MR) is 89.3 cm³/mol. The van der Waals surface area contributed by atoms with E-state index in [1.807, 2.05) is 54.7 Å². The van der Waals surface area contributed by atoms with Crippen LogP contribution in [0.1, 0.15) is 0 Å². The van der Waals surface area contributed by atoms with Gasteiger partial charge in [-0.3, -0.25) is 4.98 Å². The van der Waals surface area contributed by atoms with E-state index in [1.165, 1.54) is 0 Å². The first kappa shape index (κ1) is 13.4.